The van der Waals surface area contributed by atoms with Crippen LogP contribution in [0.2, 0.25) is 0 Å². The van der Waals surface area contributed by atoms with Crippen molar-refractivity contribution in [3.63, 3.8) is 0 Å². The molecule has 1 heterocycles. The molecule has 0 spiro atoms. The van der Waals surface area contributed by atoms with Crippen molar-refractivity contribution in [2.45, 2.75) is 19.8 Å². The molecule has 4 nitrogen and oxygen atoms in total. The lowest BCUT2D eigenvalue weighted by atomic mass is 9.80. The predicted molar refractivity (Wildman–Crippen MR) is 91.0 cm³/mol. The highest BCUT2D eigenvalue weighted by atomic mass is 19.1. The second-order valence-corrected chi connectivity index (χ2v) is 5.75. The van der Waals surface area contributed by atoms with Gasteiger partial charge in [-0.2, -0.15) is 0 Å². The number of hydrogen-bond donors (Lipinski definition) is 1. The molecule has 5 heteroatoms. The molecule has 122 valence electrons. The third-order valence-corrected chi connectivity index (χ3v) is 4.22. The van der Waals surface area contributed by atoms with Crippen LogP contribution in [0, 0.1) is 15.9 Å². The molecule has 0 aromatic heterocycles. The lowest BCUT2D eigenvalue weighted by molar-refractivity contribution is -0.430. The quantitative estimate of drug-likeness (QED) is 0.670. The third kappa shape index (κ3) is 2.69. The van der Waals surface area contributed by atoms with Crippen molar-refractivity contribution < 1.29 is 9.31 Å². The highest BCUT2D eigenvalue weighted by molar-refractivity contribution is 5.78. The smallest absolute Gasteiger partial charge is 0.276 e. The number of nitrogens with zero attached hydrogens (tertiary/aromatic N) is 1. The Morgan fingerprint density at radius 1 is 1.00 bits per heavy atom. The summed E-state index contributed by atoms with van der Waals surface area (Å²) in [5.41, 5.74) is 3.07. The first-order valence-electron chi connectivity index (χ1n) is 7.63. The molecule has 1 N–H and O–H groups in total. The van der Waals surface area contributed by atoms with Crippen LogP contribution in [-0.4, -0.2) is 4.92 Å². The normalized spacial score (nSPS) is 17.7. The maximum Gasteiger partial charge on any atom is 0.276 e. The zero-order valence-corrected chi connectivity index (χ0v) is 13.4. The second-order valence-electron chi connectivity index (χ2n) is 5.75. The summed E-state index contributed by atoms with van der Waals surface area (Å²) >= 11 is 0. The second kappa shape index (κ2) is 6.28. The van der Waals surface area contributed by atoms with E-state index in [1.165, 1.54) is 6.07 Å². The van der Waals surface area contributed by atoms with E-state index in [9.17, 15) is 14.5 Å². The van der Waals surface area contributed by atoms with E-state index in [0.717, 1.165) is 16.8 Å². The summed E-state index contributed by atoms with van der Waals surface area (Å²) in [5.74, 6) is -1.21. The topological polar surface area (TPSA) is 55.2 Å². The number of dihydropyridines is 1. The summed E-state index contributed by atoms with van der Waals surface area (Å²) < 4.78 is 14.5. The minimum absolute atomic E-state index is 0.0236. The van der Waals surface area contributed by atoms with Crippen LogP contribution >= 0.6 is 0 Å². The van der Waals surface area contributed by atoms with Crippen LogP contribution in [0.15, 0.2) is 71.7 Å². The SMILES string of the molecule is CC1=C(c2ccccc2)C(c2ccccc2F)C([N+](=O)[O-])=C(C)N1. The van der Waals surface area contributed by atoms with E-state index in [-0.39, 0.29) is 5.70 Å². The molecule has 2 aromatic rings. The van der Waals surface area contributed by atoms with Crippen LogP contribution in [-0.2, 0) is 0 Å². The Balaban J connectivity index is 2.28. The first-order valence-corrected chi connectivity index (χ1v) is 7.63. The van der Waals surface area contributed by atoms with Gasteiger partial charge in [0, 0.05) is 11.3 Å². The monoisotopic (exact) mass is 324 g/mol. The number of nitro groups is 1. The summed E-state index contributed by atoms with van der Waals surface area (Å²) in [6.07, 6.45) is 0. The van der Waals surface area contributed by atoms with Crippen LogP contribution in [0.5, 0.6) is 0 Å². The molecule has 1 atom stereocenters. The van der Waals surface area contributed by atoms with Crippen LogP contribution in [0.25, 0.3) is 5.57 Å². The average molecular weight is 324 g/mol. The minimum atomic E-state index is -0.759. The van der Waals surface area contributed by atoms with Gasteiger partial charge in [0.05, 0.1) is 10.6 Å². The highest BCUT2D eigenvalue weighted by Crippen LogP contribution is 2.43. The van der Waals surface area contributed by atoms with E-state index in [1.807, 2.05) is 37.3 Å². The van der Waals surface area contributed by atoms with E-state index < -0.39 is 16.7 Å². The van der Waals surface area contributed by atoms with E-state index in [0.29, 0.717) is 11.3 Å². The van der Waals surface area contributed by atoms with Gasteiger partial charge in [0.15, 0.2) is 0 Å². The highest BCUT2D eigenvalue weighted by Gasteiger charge is 2.38. The van der Waals surface area contributed by atoms with Gasteiger partial charge in [0.2, 0.25) is 0 Å². The number of allylic oxidation sites excluding steroid dienone is 3. The summed E-state index contributed by atoms with van der Waals surface area (Å²) in [6, 6.07) is 15.6. The predicted octanol–water partition coefficient (Wildman–Crippen LogP) is 4.45. The zero-order valence-electron chi connectivity index (χ0n) is 13.4. The molecule has 1 aliphatic heterocycles. The molecular weight excluding hydrogens is 307 g/mol. The molecule has 0 saturated carbocycles. The van der Waals surface area contributed by atoms with E-state index in [1.54, 1.807) is 25.1 Å². The summed E-state index contributed by atoms with van der Waals surface area (Å²) in [5, 5.41) is 14.8. The van der Waals surface area contributed by atoms with Gasteiger partial charge in [-0.1, -0.05) is 48.5 Å². The molecular formula is C19H17FN2O2. The summed E-state index contributed by atoms with van der Waals surface area (Å²) in [4.78, 5) is 11.3. The largest absolute Gasteiger partial charge is 0.357 e. The number of benzene rings is 2. The fourth-order valence-corrected chi connectivity index (χ4v) is 3.24. The van der Waals surface area contributed by atoms with Crippen molar-refractivity contribution in [2.24, 2.45) is 0 Å². The number of hydrogen-bond acceptors (Lipinski definition) is 3. The maximum atomic E-state index is 14.5. The maximum absolute atomic E-state index is 14.5. The van der Waals surface area contributed by atoms with Gasteiger partial charge in [-0.15, -0.1) is 0 Å². The van der Waals surface area contributed by atoms with Crippen molar-refractivity contribution in [2.75, 3.05) is 0 Å². The van der Waals surface area contributed by atoms with Gasteiger partial charge in [0.1, 0.15) is 11.7 Å². The third-order valence-electron chi connectivity index (χ3n) is 4.22. The zero-order chi connectivity index (χ0) is 17.3. The Morgan fingerprint density at radius 3 is 2.25 bits per heavy atom. The molecule has 0 amide bonds. The number of rotatable bonds is 3. The molecule has 1 unspecified atom stereocenters. The van der Waals surface area contributed by atoms with E-state index in [4.69, 9.17) is 0 Å². The van der Waals surface area contributed by atoms with E-state index in [2.05, 4.69) is 5.32 Å². The Labute approximate surface area is 139 Å². The van der Waals surface area contributed by atoms with Crippen molar-refractivity contribution in [1.29, 1.82) is 0 Å². The van der Waals surface area contributed by atoms with E-state index >= 15 is 0 Å². The van der Waals surface area contributed by atoms with Crippen LogP contribution in [0.3, 0.4) is 0 Å². The fourth-order valence-electron chi connectivity index (χ4n) is 3.24. The lowest BCUT2D eigenvalue weighted by Crippen LogP contribution is -2.27. The molecule has 3 rings (SSSR count). The molecule has 0 fully saturated rings. The van der Waals surface area contributed by atoms with Crippen LogP contribution < -0.4 is 5.32 Å². The van der Waals surface area contributed by atoms with Crippen molar-refractivity contribution >= 4 is 5.57 Å². The number of nitrogens with one attached hydrogen (secondary N) is 1. The van der Waals surface area contributed by atoms with Gasteiger partial charge in [-0.25, -0.2) is 4.39 Å². The minimum Gasteiger partial charge on any atom is -0.357 e. The molecule has 24 heavy (non-hydrogen) atoms. The van der Waals surface area contributed by atoms with Crippen molar-refractivity contribution in [3.05, 3.63) is 98.7 Å². The Morgan fingerprint density at radius 2 is 1.62 bits per heavy atom. The Kier molecular flexibility index (Phi) is 4.16. The van der Waals surface area contributed by atoms with Crippen molar-refractivity contribution in [3.8, 4) is 0 Å². The van der Waals surface area contributed by atoms with Crippen LogP contribution in [0.4, 0.5) is 4.39 Å². The first kappa shape index (κ1) is 15.9. The Hall–Kier alpha value is -2.95. The Bertz CT molecular complexity index is 857. The molecule has 2 aromatic carbocycles. The molecule has 0 saturated heterocycles. The van der Waals surface area contributed by atoms with Gasteiger partial charge in [-0.05, 0) is 31.1 Å². The average Bonchev–Trinajstić information content (AvgIpc) is 2.55. The van der Waals surface area contributed by atoms with Gasteiger partial charge in [0.25, 0.3) is 5.70 Å². The molecule has 0 aliphatic carbocycles. The summed E-state index contributed by atoms with van der Waals surface area (Å²) in [7, 11) is 0. The molecule has 0 radical (unpaired) electrons. The molecule has 0 bridgehead atoms. The van der Waals surface area contributed by atoms with Gasteiger partial charge in [-0.3, -0.25) is 10.1 Å². The lowest BCUT2D eigenvalue weighted by Gasteiger charge is -2.28. The van der Waals surface area contributed by atoms with Crippen LogP contribution in [0.1, 0.15) is 30.9 Å². The fraction of sp³-hybridized carbons (Fsp3) is 0.158. The summed E-state index contributed by atoms with van der Waals surface area (Å²) in [6.45, 7) is 3.51. The standard InChI is InChI=1S/C19H17FN2O2/c1-12-17(14-8-4-3-5-9-14)18(15-10-6-7-11-16(15)20)19(22(23)24)13(2)21-12/h3-11,18,21H,1-2H3. The van der Waals surface area contributed by atoms with Crippen molar-refractivity contribution in [1.82, 2.24) is 5.32 Å². The van der Waals surface area contributed by atoms with Gasteiger partial charge >= 0.3 is 0 Å². The molecule has 1 aliphatic rings. The first-order chi connectivity index (χ1) is 11.5. The van der Waals surface area contributed by atoms with Gasteiger partial charge < -0.3 is 5.32 Å². The number of halogens is 1.